The van der Waals surface area contributed by atoms with E-state index >= 15 is 0 Å². The lowest BCUT2D eigenvalue weighted by Crippen LogP contribution is -2.64. The van der Waals surface area contributed by atoms with Crippen LogP contribution in [-0.4, -0.2) is 120 Å². The van der Waals surface area contributed by atoms with E-state index in [0.29, 0.717) is 0 Å². The lowest BCUT2D eigenvalue weighted by atomic mass is 9.97. The number of hydrogen-bond acceptors (Lipinski definition) is 14. The summed E-state index contributed by atoms with van der Waals surface area (Å²) in [6, 6.07) is 7.13. The van der Waals surface area contributed by atoms with Gasteiger partial charge in [-0.3, -0.25) is 4.79 Å². The molecule has 14 nitrogen and oxygen atoms in total. The molecule has 2 aliphatic rings. The first-order valence-corrected chi connectivity index (χ1v) is 12.0. The highest BCUT2D eigenvalue weighted by Crippen LogP contribution is 2.36. The molecule has 0 aliphatic carbocycles. The van der Waals surface area contributed by atoms with E-state index in [-0.39, 0.29) is 17.1 Å². The summed E-state index contributed by atoms with van der Waals surface area (Å²) in [5.74, 6) is -2.32. The van der Waals surface area contributed by atoms with Gasteiger partial charge >= 0.3 is 0 Å². The first-order valence-electron chi connectivity index (χ1n) is 12.0. The van der Waals surface area contributed by atoms with Crippen molar-refractivity contribution in [3.05, 3.63) is 47.5 Å². The van der Waals surface area contributed by atoms with Gasteiger partial charge in [0, 0.05) is 17.7 Å². The Balaban J connectivity index is 1.45. The van der Waals surface area contributed by atoms with Gasteiger partial charge in [-0.15, -0.1) is 0 Å². The highest BCUT2D eigenvalue weighted by Gasteiger charge is 2.50. The van der Waals surface area contributed by atoms with E-state index in [4.69, 9.17) is 18.9 Å². The van der Waals surface area contributed by atoms with Crippen molar-refractivity contribution in [3.63, 3.8) is 0 Å². The minimum atomic E-state index is -1.77. The van der Waals surface area contributed by atoms with Crippen LogP contribution in [0.4, 0.5) is 0 Å². The number of aliphatic hydroxyl groups is 6. The summed E-state index contributed by atoms with van der Waals surface area (Å²) in [5.41, 5.74) is -0.347. The van der Waals surface area contributed by atoms with Crippen molar-refractivity contribution >= 4 is 5.78 Å². The second kappa shape index (κ2) is 11.6. The van der Waals surface area contributed by atoms with Gasteiger partial charge in [-0.05, 0) is 31.2 Å². The van der Waals surface area contributed by atoms with Crippen molar-refractivity contribution in [1.29, 1.82) is 0 Å². The molecule has 4 rings (SSSR count). The SMILES string of the molecule is C[C@@H]1O[C@@H](Oc2cc(O)c(C(=O)c3ccc(O)cc3)c(O)c2)[C@H](O)[C@H](O)[C@H]1O[C@@H]1O[C@H](CO)[C@@H](O)[C@H](O)[C@H]1O. The molecule has 14 heteroatoms. The lowest BCUT2D eigenvalue weighted by Gasteiger charge is -2.45. The maximum atomic E-state index is 12.7. The molecule has 0 amide bonds. The first-order chi connectivity index (χ1) is 18.4. The Kier molecular flexibility index (Phi) is 8.60. The lowest BCUT2D eigenvalue weighted by molar-refractivity contribution is -0.348. The molecule has 10 atom stereocenters. The second-order valence-corrected chi connectivity index (χ2v) is 9.32. The Hall–Kier alpha value is -3.05. The van der Waals surface area contributed by atoms with Crippen LogP contribution in [-0.2, 0) is 14.2 Å². The van der Waals surface area contributed by atoms with Gasteiger partial charge in [0.25, 0.3) is 0 Å². The third-order valence-electron chi connectivity index (χ3n) is 6.60. The van der Waals surface area contributed by atoms with E-state index in [9.17, 15) is 50.8 Å². The number of carbonyl (C=O) groups excluding carboxylic acids is 1. The zero-order chi connectivity index (χ0) is 28.6. The molecule has 2 aromatic carbocycles. The molecule has 2 aromatic rings. The number of aliphatic hydroxyl groups excluding tert-OH is 6. The van der Waals surface area contributed by atoms with Gasteiger partial charge in [0.15, 0.2) is 6.29 Å². The molecule has 0 unspecified atom stereocenters. The molecule has 2 aliphatic heterocycles. The van der Waals surface area contributed by atoms with E-state index in [0.717, 1.165) is 12.1 Å². The number of ether oxygens (including phenoxy) is 4. The van der Waals surface area contributed by atoms with Crippen LogP contribution in [0.5, 0.6) is 23.0 Å². The molecule has 9 N–H and O–H groups in total. The van der Waals surface area contributed by atoms with E-state index in [1.165, 1.54) is 31.2 Å². The Morgan fingerprint density at radius 3 is 2.00 bits per heavy atom. The van der Waals surface area contributed by atoms with E-state index in [2.05, 4.69) is 0 Å². The summed E-state index contributed by atoms with van der Waals surface area (Å²) in [5, 5.41) is 90.9. The average Bonchev–Trinajstić information content (AvgIpc) is 2.89. The Morgan fingerprint density at radius 2 is 1.41 bits per heavy atom. The molecule has 0 saturated carbocycles. The summed E-state index contributed by atoms with van der Waals surface area (Å²) in [6.45, 7) is 0.746. The zero-order valence-corrected chi connectivity index (χ0v) is 20.5. The monoisotopic (exact) mass is 554 g/mol. The fourth-order valence-electron chi connectivity index (χ4n) is 4.40. The van der Waals surface area contributed by atoms with Crippen molar-refractivity contribution in [2.75, 3.05) is 6.61 Å². The Bertz CT molecular complexity index is 1130. The Morgan fingerprint density at radius 1 is 0.821 bits per heavy atom. The van der Waals surface area contributed by atoms with Crippen LogP contribution in [0, 0.1) is 0 Å². The smallest absolute Gasteiger partial charge is 0.229 e. The van der Waals surface area contributed by atoms with Crippen LogP contribution in [0.1, 0.15) is 22.8 Å². The number of hydrogen-bond donors (Lipinski definition) is 9. The predicted molar refractivity (Wildman–Crippen MR) is 127 cm³/mol. The van der Waals surface area contributed by atoms with Gasteiger partial charge in [-0.2, -0.15) is 0 Å². The molecule has 0 aromatic heterocycles. The highest BCUT2D eigenvalue weighted by atomic mass is 16.7. The van der Waals surface area contributed by atoms with Gasteiger partial charge in [-0.1, -0.05) is 0 Å². The molecule has 214 valence electrons. The van der Waals surface area contributed by atoms with Crippen LogP contribution < -0.4 is 4.74 Å². The van der Waals surface area contributed by atoms with E-state index < -0.39 is 90.9 Å². The number of phenols is 3. The zero-order valence-electron chi connectivity index (χ0n) is 20.5. The minimum Gasteiger partial charge on any atom is -0.508 e. The molecule has 39 heavy (non-hydrogen) atoms. The van der Waals surface area contributed by atoms with Crippen LogP contribution in [0.25, 0.3) is 0 Å². The number of phenolic OH excluding ortho intramolecular Hbond substituents is 3. The van der Waals surface area contributed by atoms with Gasteiger partial charge in [0.05, 0.1) is 12.7 Å². The summed E-state index contributed by atoms with van der Waals surface area (Å²) in [6.07, 6.45) is -15.3. The molecule has 2 saturated heterocycles. The highest BCUT2D eigenvalue weighted by molar-refractivity contribution is 6.12. The summed E-state index contributed by atoms with van der Waals surface area (Å²) < 4.78 is 21.9. The standard InChI is InChI=1S/C25H30O14/c1-9-23(39-25-21(34)19(32)18(31)15(8-26)38-25)20(33)22(35)24(36-9)37-12-6-13(28)16(14(29)7-12)17(30)10-2-4-11(27)5-3-10/h2-7,9,15,18-29,31-35H,8H2,1H3/t9-,15+,18+,19-,20-,21+,22+,23-,24-,25-/m0/s1. The third-order valence-corrected chi connectivity index (χ3v) is 6.60. The Labute approximate surface area is 221 Å². The summed E-state index contributed by atoms with van der Waals surface area (Å²) in [4.78, 5) is 12.7. The number of ketones is 1. The topological polar surface area (TPSA) is 236 Å². The number of aromatic hydroxyl groups is 3. The van der Waals surface area contributed by atoms with Crippen molar-refractivity contribution < 1.29 is 69.7 Å². The largest absolute Gasteiger partial charge is 0.508 e. The van der Waals surface area contributed by atoms with Crippen LogP contribution in [0.3, 0.4) is 0 Å². The average molecular weight is 555 g/mol. The molecule has 2 heterocycles. The first kappa shape index (κ1) is 28.9. The molecule has 2 fully saturated rings. The number of carbonyl (C=O) groups is 1. The number of benzene rings is 2. The molecular weight excluding hydrogens is 524 g/mol. The minimum absolute atomic E-state index is 0.0768. The van der Waals surface area contributed by atoms with E-state index in [1.54, 1.807) is 0 Å². The quantitative estimate of drug-likeness (QED) is 0.169. The van der Waals surface area contributed by atoms with Crippen molar-refractivity contribution in [2.45, 2.75) is 68.3 Å². The summed E-state index contributed by atoms with van der Waals surface area (Å²) in [7, 11) is 0. The predicted octanol–water partition coefficient (Wildman–Crippen LogP) is -1.94. The van der Waals surface area contributed by atoms with Crippen molar-refractivity contribution in [2.24, 2.45) is 0 Å². The maximum absolute atomic E-state index is 12.7. The van der Waals surface area contributed by atoms with Gasteiger partial charge in [0.1, 0.15) is 71.3 Å². The van der Waals surface area contributed by atoms with Gasteiger partial charge < -0.3 is 64.9 Å². The molecule has 0 radical (unpaired) electrons. The fraction of sp³-hybridized carbons (Fsp3) is 0.480. The van der Waals surface area contributed by atoms with Gasteiger partial charge in [-0.25, -0.2) is 0 Å². The van der Waals surface area contributed by atoms with Crippen LogP contribution in [0.2, 0.25) is 0 Å². The van der Waals surface area contributed by atoms with Crippen molar-refractivity contribution in [3.8, 4) is 23.0 Å². The van der Waals surface area contributed by atoms with E-state index in [1.807, 2.05) is 0 Å². The third kappa shape index (κ3) is 5.79. The normalized spacial score (nSPS) is 34.9. The molecule has 0 bridgehead atoms. The molecule has 0 spiro atoms. The molecular formula is C25H30O14. The van der Waals surface area contributed by atoms with Crippen molar-refractivity contribution in [1.82, 2.24) is 0 Å². The fourth-order valence-corrected chi connectivity index (χ4v) is 4.40. The van der Waals surface area contributed by atoms with Gasteiger partial charge in [0.2, 0.25) is 12.1 Å². The second-order valence-electron chi connectivity index (χ2n) is 9.32. The van der Waals surface area contributed by atoms with Crippen LogP contribution >= 0.6 is 0 Å². The van der Waals surface area contributed by atoms with Crippen LogP contribution in [0.15, 0.2) is 36.4 Å². The number of rotatable bonds is 7. The maximum Gasteiger partial charge on any atom is 0.229 e. The summed E-state index contributed by atoms with van der Waals surface area (Å²) >= 11 is 0.